The summed E-state index contributed by atoms with van der Waals surface area (Å²) in [6.07, 6.45) is 5.85. The molecule has 0 N–H and O–H groups in total. The Hall–Kier alpha value is -1.60. The Kier molecular flexibility index (Phi) is 8.36. The van der Waals surface area contributed by atoms with Crippen molar-refractivity contribution in [2.75, 3.05) is 46.2 Å². The number of fused-ring (bicyclic) bond motifs is 1. The van der Waals surface area contributed by atoms with Gasteiger partial charge in [0, 0.05) is 37.8 Å². The molecule has 0 bridgehead atoms. The summed E-state index contributed by atoms with van der Waals surface area (Å²) in [5.74, 6) is 0. The van der Waals surface area contributed by atoms with Crippen molar-refractivity contribution in [1.29, 1.82) is 0 Å². The first-order valence-corrected chi connectivity index (χ1v) is 10.8. The van der Waals surface area contributed by atoms with Gasteiger partial charge >= 0.3 is 0 Å². The van der Waals surface area contributed by atoms with Crippen LogP contribution in [0.5, 0.6) is 0 Å². The quantitative estimate of drug-likeness (QED) is 0.472. The molecule has 1 fully saturated rings. The van der Waals surface area contributed by atoms with Gasteiger partial charge in [0.25, 0.3) is 0 Å². The Bertz CT molecular complexity index is 750. The fraction of sp³-hybridized carbons (Fsp3) is 0.591. The van der Waals surface area contributed by atoms with Crippen LogP contribution in [0.1, 0.15) is 38.1 Å². The molecule has 0 amide bonds. The number of aryl methyl sites for hydroxylation is 1. The lowest BCUT2D eigenvalue weighted by Gasteiger charge is -2.29. The lowest BCUT2D eigenvalue weighted by Crippen LogP contribution is -2.34. The Morgan fingerprint density at radius 3 is 2.86 bits per heavy atom. The smallest absolute Gasteiger partial charge is 0.108 e. The molecule has 0 aliphatic carbocycles. The third-order valence-corrected chi connectivity index (χ3v) is 5.68. The average Bonchev–Trinajstić information content (AvgIpc) is 3.03. The molecule has 2 aliphatic heterocycles. The molecule has 2 aliphatic rings. The van der Waals surface area contributed by atoms with E-state index in [0.717, 1.165) is 75.2 Å². The summed E-state index contributed by atoms with van der Waals surface area (Å²) in [4.78, 5) is 4.61. The van der Waals surface area contributed by atoms with Gasteiger partial charge in [-0.15, -0.1) is 0 Å². The molecule has 0 saturated carbocycles. The van der Waals surface area contributed by atoms with Crippen LogP contribution in [0, 0.1) is 0 Å². The number of hydrogen-bond donors (Lipinski definition) is 0. The number of nitrogens with zero attached hydrogens (tertiary/aromatic N) is 4. The van der Waals surface area contributed by atoms with Crippen LogP contribution in [0.2, 0.25) is 0 Å². The van der Waals surface area contributed by atoms with Crippen LogP contribution < -0.4 is 0 Å². The molecule has 6 nitrogen and oxygen atoms in total. The van der Waals surface area contributed by atoms with Crippen LogP contribution in [-0.4, -0.2) is 65.8 Å². The maximum atomic E-state index is 6.05. The Morgan fingerprint density at radius 1 is 1.31 bits per heavy atom. The fourth-order valence-corrected chi connectivity index (χ4v) is 3.78. The molecule has 7 heteroatoms. The maximum Gasteiger partial charge on any atom is 0.108 e. The molecule has 0 atom stereocenters. The average molecular weight is 421 g/mol. The van der Waals surface area contributed by atoms with Crippen molar-refractivity contribution in [3.8, 4) is 0 Å². The minimum atomic E-state index is 0.634. The molecule has 160 valence electrons. The summed E-state index contributed by atoms with van der Waals surface area (Å²) in [7, 11) is 0. The number of allylic oxidation sites excluding steroid dienone is 3. The van der Waals surface area contributed by atoms with Gasteiger partial charge < -0.3 is 14.4 Å². The minimum absolute atomic E-state index is 0.634. The molecule has 3 rings (SSSR count). The first kappa shape index (κ1) is 22.1. The molecule has 1 aromatic rings. The normalized spacial score (nSPS) is 19.2. The van der Waals surface area contributed by atoms with Crippen LogP contribution in [0.15, 0.2) is 35.4 Å². The van der Waals surface area contributed by atoms with Crippen LogP contribution in [0.4, 0.5) is 0 Å². The number of rotatable bonds is 8. The van der Waals surface area contributed by atoms with E-state index in [-0.39, 0.29) is 0 Å². The molecule has 3 heterocycles. The third-order valence-electron chi connectivity index (χ3n) is 5.36. The van der Waals surface area contributed by atoms with Gasteiger partial charge in [0.15, 0.2) is 0 Å². The number of morpholine rings is 1. The molecule has 0 aromatic carbocycles. The first-order chi connectivity index (χ1) is 14.1. The number of aromatic nitrogens is 2. The summed E-state index contributed by atoms with van der Waals surface area (Å²) < 4.78 is 13.5. The SMILES string of the molecule is C=C(c1cc2n(n1)CCCN(COCCC(C)=CC(Cl)=CC)C2)N1CCOCC1. The zero-order valence-electron chi connectivity index (χ0n) is 17.7. The second kappa shape index (κ2) is 11.0. The van der Waals surface area contributed by atoms with Crippen LogP contribution in [0.25, 0.3) is 5.70 Å². The maximum absolute atomic E-state index is 6.05. The van der Waals surface area contributed by atoms with Crippen molar-refractivity contribution in [3.63, 3.8) is 0 Å². The third kappa shape index (κ3) is 6.44. The monoisotopic (exact) mass is 420 g/mol. The first-order valence-electron chi connectivity index (χ1n) is 10.4. The topological polar surface area (TPSA) is 42.8 Å². The molecule has 29 heavy (non-hydrogen) atoms. The minimum Gasteiger partial charge on any atom is -0.378 e. The molecule has 1 saturated heterocycles. The van der Waals surface area contributed by atoms with Crippen molar-refractivity contribution in [2.45, 2.75) is 39.8 Å². The van der Waals surface area contributed by atoms with Gasteiger partial charge in [-0.3, -0.25) is 9.58 Å². The lowest BCUT2D eigenvalue weighted by molar-refractivity contribution is 0.0263. The highest BCUT2D eigenvalue weighted by molar-refractivity contribution is 6.31. The highest BCUT2D eigenvalue weighted by atomic mass is 35.5. The summed E-state index contributed by atoms with van der Waals surface area (Å²) in [6.45, 7) is 15.7. The highest BCUT2D eigenvalue weighted by Crippen LogP contribution is 2.21. The van der Waals surface area contributed by atoms with Crippen molar-refractivity contribution < 1.29 is 9.47 Å². The number of hydrogen-bond acceptors (Lipinski definition) is 5. The fourth-order valence-electron chi connectivity index (χ4n) is 3.59. The summed E-state index contributed by atoms with van der Waals surface area (Å²) in [5.41, 5.74) is 4.43. The molecule has 1 aromatic heterocycles. The molecule has 0 radical (unpaired) electrons. The van der Waals surface area contributed by atoms with E-state index in [1.807, 2.05) is 19.1 Å². The van der Waals surface area contributed by atoms with Gasteiger partial charge in [0.1, 0.15) is 5.69 Å². The Balaban J connectivity index is 1.50. The van der Waals surface area contributed by atoms with Gasteiger partial charge in [-0.25, -0.2) is 0 Å². The van der Waals surface area contributed by atoms with E-state index < -0.39 is 0 Å². The van der Waals surface area contributed by atoms with Gasteiger partial charge in [-0.1, -0.05) is 29.8 Å². The van der Waals surface area contributed by atoms with Crippen molar-refractivity contribution in [1.82, 2.24) is 19.6 Å². The summed E-state index contributed by atoms with van der Waals surface area (Å²) in [6, 6.07) is 2.18. The molecular weight excluding hydrogens is 388 g/mol. The Labute approximate surface area is 179 Å². The standard InChI is InChI=1S/C22H33ClN4O2/c1-4-20(23)14-18(2)6-11-29-17-25-7-5-8-27-21(16-25)15-22(24-27)19(3)26-9-12-28-13-10-26/h4,14-15H,3,5-13,16-17H2,1-2H3. The van der Waals surface area contributed by atoms with E-state index in [0.29, 0.717) is 13.3 Å². The second-order valence-electron chi connectivity index (χ2n) is 7.65. The van der Waals surface area contributed by atoms with E-state index in [4.69, 9.17) is 26.2 Å². The van der Waals surface area contributed by atoms with Gasteiger partial charge in [-0.2, -0.15) is 5.10 Å². The Morgan fingerprint density at radius 2 is 2.10 bits per heavy atom. The number of ether oxygens (including phenoxy) is 2. The number of halogens is 1. The second-order valence-corrected chi connectivity index (χ2v) is 8.08. The lowest BCUT2D eigenvalue weighted by atomic mass is 10.2. The van der Waals surface area contributed by atoms with Crippen LogP contribution in [-0.2, 0) is 22.6 Å². The van der Waals surface area contributed by atoms with Crippen molar-refractivity contribution in [3.05, 3.63) is 46.8 Å². The van der Waals surface area contributed by atoms with Crippen LogP contribution >= 0.6 is 11.6 Å². The predicted molar refractivity (Wildman–Crippen MR) is 117 cm³/mol. The highest BCUT2D eigenvalue weighted by Gasteiger charge is 2.20. The zero-order valence-corrected chi connectivity index (χ0v) is 18.5. The van der Waals surface area contributed by atoms with Crippen molar-refractivity contribution >= 4 is 17.3 Å². The van der Waals surface area contributed by atoms with Crippen LogP contribution in [0.3, 0.4) is 0 Å². The largest absolute Gasteiger partial charge is 0.378 e. The summed E-state index contributed by atoms with van der Waals surface area (Å²) >= 11 is 6.05. The summed E-state index contributed by atoms with van der Waals surface area (Å²) in [5, 5.41) is 5.59. The van der Waals surface area contributed by atoms with E-state index >= 15 is 0 Å². The van der Waals surface area contributed by atoms with E-state index in [2.05, 4.69) is 34.1 Å². The van der Waals surface area contributed by atoms with Gasteiger partial charge in [0.2, 0.25) is 0 Å². The van der Waals surface area contributed by atoms with E-state index in [9.17, 15) is 0 Å². The molecule has 0 unspecified atom stereocenters. The zero-order chi connectivity index (χ0) is 20.6. The molecule has 0 spiro atoms. The van der Waals surface area contributed by atoms with E-state index in [1.165, 1.54) is 11.3 Å². The van der Waals surface area contributed by atoms with Crippen molar-refractivity contribution in [2.24, 2.45) is 0 Å². The van der Waals surface area contributed by atoms with E-state index in [1.54, 1.807) is 0 Å². The van der Waals surface area contributed by atoms with Gasteiger partial charge in [-0.05, 0) is 38.8 Å². The molecular formula is C22H33ClN4O2. The van der Waals surface area contributed by atoms with Gasteiger partial charge in [0.05, 0.1) is 37.9 Å². The predicted octanol–water partition coefficient (Wildman–Crippen LogP) is 3.84.